The van der Waals surface area contributed by atoms with E-state index in [0.29, 0.717) is 28.1 Å². The van der Waals surface area contributed by atoms with Crippen LogP contribution in [0.15, 0.2) is 54.7 Å². The van der Waals surface area contributed by atoms with Crippen molar-refractivity contribution in [2.45, 2.75) is 6.54 Å². The number of hydrogen-bond donors (Lipinski definition) is 2. The molecule has 10 heteroatoms. The predicted octanol–water partition coefficient (Wildman–Crippen LogP) is 4.96. The van der Waals surface area contributed by atoms with E-state index in [4.69, 9.17) is 35.4 Å². The van der Waals surface area contributed by atoms with Crippen molar-refractivity contribution >= 4 is 57.7 Å². The van der Waals surface area contributed by atoms with Crippen LogP contribution in [0, 0.1) is 10.1 Å². The smallest absolute Gasteiger partial charge is 0.269 e. The van der Waals surface area contributed by atoms with E-state index in [1.165, 1.54) is 12.1 Å². The Bertz CT molecular complexity index is 991. The maximum absolute atomic E-state index is 10.7. The molecule has 3 rings (SSSR count). The SMILES string of the molecule is O=[N+]([O-])c1ccc(NC(=S)Nc2nn(Cc3ccccc3Cl)cc2Cl)cc1. The number of halogens is 2. The van der Waals surface area contributed by atoms with Crippen molar-refractivity contribution in [3.8, 4) is 0 Å². The largest absolute Gasteiger partial charge is 0.332 e. The van der Waals surface area contributed by atoms with Gasteiger partial charge in [-0.3, -0.25) is 14.8 Å². The molecule has 0 aliphatic carbocycles. The molecule has 2 N–H and O–H groups in total. The topological polar surface area (TPSA) is 85.0 Å². The van der Waals surface area contributed by atoms with Crippen LogP contribution in [0.1, 0.15) is 5.56 Å². The zero-order valence-corrected chi connectivity index (χ0v) is 16.1. The molecule has 0 aliphatic rings. The number of nitro groups is 1. The van der Waals surface area contributed by atoms with E-state index in [-0.39, 0.29) is 10.8 Å². The zero-order chi connectivity index (χ0) is 19.4. The Labute approximate surface area is 170 Å². The summed E-state index contributed by atoms with van der Waals surface area (Å²) in [5.41, 5.74) is 1.52. The van der Waals surface area contributed by atoms with Gasteiger partial charge < -0.3 is 10.6 Å². The van der Waals surface area contributed by atoms with Crippen LogP contribution in [-0.2, 0) is 6.54 Å². The quantitative estimate of drug-likeness (QED) is 0.344. The molecule has 0 spiro atoms. The van der Waals surface area contributed by atoms with Gasteiger partial charge in [-0.25, -0.2) is 0 Å². The molecule has 0 radical (unpaired) electrons. The summed E-state index contributed by atoms with van der Waals surface area (Å²) in [6, 6.07) is 13.4. The Morgan fingerprint density at radius 2 is 1.81 bits per heavy atom. The lowest BCUT2D eigenvalue weighted by molar-refractivity contribution is -0.384. The van der Waals surface area contributed by atoms with Gasteiger partial charge in [-0.05, 0) is 36.0 Å². The minimum Gasteiger partial charge on any atom is -0.332 e. The van der Waals surface area contributed by atoms with E-state index in [2.05, 4.69) is 15.7 Å². The molecule has 7 nitrogen and oxygen atoms in total. The van der Waals surface area contributed by atoms with Gasteiger partial charge in [0.2, 0.25) is 0 Å². The van der Waals surface area contributed by atoms with Gasteiger partial charge >= 0.3 is 0 Å². The highest BCUT2D eigenvalue weighted by Gasteiger charge is 2.11. The number of benzene rings is 2. The van der Waals surface area contributed by atoms with E-state index in [1.54, 1.807) is 23.0 Å². The van der Waals surface area contributed by atoms with Crippen LogP contribution in [0.3, 0.4) is 0 Å². The minimum absolute atomic E-state index is 0.000729. The molecular weight excluding hydrogens is 409 g/mol. The second kappa shape index (κ2) is 8.34. The Kier molecular flexibility index (Phi) is 5.90. The lowest BCUT2D eigenvalue weighted by Crippen LogP contribution is -2.19. The first-order valence-electron chi connectivity index (χ1n) is 7.71. The van der Waals surface area contributed by atoms with Gasteiger partial charge in [0.25, 0.3) is 5.69 Å². The summed E-state index contributed by atoms with van der Waals surface area (Å²) in [5, 5.41) is 22.2. The number of nitrogens with zero attached hydrogens (tertiary/aromatic N) is 3. The van der Waals surface area contributed by atoms with E-state index < -0.39 is 4.92 Å². The van der Waals surface area contributed by atoms with Crippen molar-refractivity contribution in [2.75, 3.05) is 10.6 Å². The molecule has 0 bridgehead atoms. The van der Waals surface area contributed by atoms with Gasteiger partial charge in [-0.1, -0.05) is 41.4 Å². The monoisotopic (exact) mass is 421 g/mol. The molecule has 0 saturated carbocycles. The third kappa shape index (κ3) is 4.94. The number of non-ortho nitro benzene ring substituents is 1. The predicted molar refractivity (Wildman–Crippen MR) is 111 cm³/mol. The van der Waals surface area contributed by atoms with E-state index >= 15 is 0 Å². The van der Waals surface area contributed by atoms with Crippen LogP contribution in [0.25, 0.3) is 0 Å². The van der Waals surface area contributed by atoms with E-state index in [9.17, 15) is 10.1 Å². The molecular formula is C17H13Cl2N5O2S. The highest BCUT2D eigenvalue weighted by atomic mass is 35.5. The second-order valence-electron chi connectivity index (χ2n) is 5.50. The lowest BCUT2D eigenvalue weighted by Gasteiger charge is -2.09. The summed E-state index contributed by atoms with van der Waals surface area (Å²) < 4.78 is 1.65. The zero-order valence-electron chi connectivity index (χ0n) is 13.7. The van der Waals surface area contributed by atoms with Crippen molar-refractivity contribution < 1.29 is 4.92 Å². The van der Waals surface area contributed by atoms with Crippen LogP contribution in [0.4, 0.5) is 17.2 Å². The Morgan fingerprint density at radius 1 is 1.11 bits per heavy atom. The molecule has 138 valence electrons. The van der Waals surface area contributed by atoms with Gasteiger partial charge in [0.1, 0.15) is 5.02 Å². The van der Waals surface area contributed by atoms with Crippen molar-refractivity contribution in [1.82, 2.24) is 9.78 Å². The fourth-order valence-electron chi connectivity index (χ4n) is 2.30. The van der Waals surface area contributed by atoms with Crippen LogP contribution in [-0.4, -0.2) is 19.8 Å². The minimum atomic E-state index is -0.467. The highest BCUT2D eigenvalue weighted by molar-refractivity contribution is 7.80. The van der Waals surface area contributed by atoms with Gasteiger partial charge in [-0.15, -0.1) is 0 Å². The molecule has 0 atom stereocenters. The Morgan fingerprint density at radius 3 is 2.48 bits per heavy atom. The van der Waals surface area contributed by atoms with Gasteiger partial charge in [-0.2, -0.15) is 5.10 Å². The normalized spacial score (nSPS) is 10.4. The van der Waals surface area contributed by atoms with Crippen molar-refractivity contribution in [3.05, 3.63) is 80.5 Å². The summed E-state index contributed by atoms with van der Waals surface area (Å²) >= 11 is 17.6. The number of rotatable bonds is 5. The molecule has 0 amide bonds. The first-order valence-corrected chi connectivity index (χ1v) is 8.87. The van der Waals surface area contributed by atoms with Crippen LogP contribution >= 0.6 is 35.4 Å². The standard InChI is InChI=1S/C17H13Cl2N5O2S/c18-14-4-2-1-3-11(14)9-23-10-15(19)16(22-23)21-17(27)20-12-5-7-13(8-6-12)24(25)26/h1-8,10H,9H2,(H2,20,21,22,27). The van der Waals surface area contributed by atoms with Crippen LogP contribution < -0.4 is 10.6 Å². The van der Waals surface area contributed by atoms with Gasteiger partial charge in [0, 0.05) is 29.0 Å². The fourth-order valence-corrected chi connectivity index (χ4v) is 2.91. The number of nitrogens with one attached hydrogen (secondary N) is 2. The van der Waals surface area contributed by atoms with Crippen LogP contribution in [0.2, 0.25) is 10.0 Å². The number of thiocarbonyl (C=S) groups is 1. The first kappa shape index (κ1) is 19.1. The highest BCUT2D eigenvalue weighted by Crippen LogP contribution is 2.22. The number of hydrogen-bond acceptors (Lipinski definition) is 4. The summed E-state index contributed by atoms with van der Waals surface area (Å²) in [6.07, 6.45) is 1.67. The van der Waals surface area contributed by atoms with Gasteiger partial charge in [0.15, 0.2) is 10.9 Å². The fraction of sp³-hybridized carbons (Fsp3) is 0.0588. The van der Waals surface area contributed by atoms with Crippen molar-refractivity contribution in [1.29, 1.82) is 0 Å². The number of aromatic nitrogens is 2. The molecule has 0 unspecified atom stereocenters. The van der Waals surface area contributed by atoms with Crippen molar-refractivity contribution in [3.63, 3.8) is 0 Å². The lowest BCUT2D eigenvalue weighted by atomic mass is 10.2. The molecule has 3 aromatic rings. The van der Waals surface area contributed by atoms with Gasteiger partial charge in [0.05, 0.1) is 11.5 Å². The molecule has 0 aliphatic heterocycles. The average molecular weight is 422 g/mol. The Balaban J connectivity index is 1.65. The maximum Gasteiger partial charge on any atom is 0.269 e. The third-order valence-corrected chi connectivity index (χ3v) is 4.42. The Hall–Kier alpha value is -2.68. The number of nitro benzene ring substituents is 1. The maximum atomic E-state index is 10.7. The van der Waals surface area contributed by atoms with Crippen molar-refractivity contribution in [2.24, 2.45) is 0 Å². The molecule has 27 heavy (non-hydrogen) atoms. The molecule has 1 heterocycles. The second-order valence-corrected chi connectivity index (χ2v) is 6.72. The first-order chi connectivity index (χ1) is 12.9. The number of anilines is 2. The summed E-state index contributed by atoms with van der Waals surface area (Å²) in [7, 11) is 0. The molecule has 0 saturated heterocycles. The average Bonchev–Trinajstić information content (AvgIpc) is 2.96. The summed E-state index contributed by atoms with van der Waals surface area (Å²) in [4.78, 5) is 10.2. The van der Waals surface area contributed by atoms with E-state index in [0.717, 1.165) is 5.56 Å². The van der Waals surface area contributed by atoms with Crippen LogP contribution in [0.5, 0.6) is 0 Å². The summed E-state index contributed by atoms with van der Waals surface area (Å²) in [6.45, 7) is 0.462. The summed E-state index contributed by atoms with van der Waals surface area (Å²) in [5.74, 6) is 0.392. The molecule has 2 aromatic carbocycles. The van der Waals surface area contributed by atoms with E-state index in [1.807, 2.05) is 24.3 Å². The molecule has 1 aromatic heterocycles. The third-order valence-electron chi connectivity index (χ3n) is 3.58. The molecule has 0 fully saturated rings.